The van der Waals surface area contributed by atoms with Crippen LogP contribution in [0.1, 0.15) is 0 Å². The second-order valence-electron chi connectivity index (χ2n) is 2.15. The van der Waals surface area contributed by atoms with E-state index in [2.05, 4.69) is 0 Å². The topological polar surface area (TPSA) is 17.1 Å². The molecule has 0 spiro atoms. The Morgan fingerprint density at radius 3 is 1.62 bits per heavy atom. The molecule has 0 heterocycles. The van der Waals surface area contributed by atoms with Crippen molar-refractivity contribution in [3.8, 4) is 0 Å². The molecule has 0 fully saturated rings. The number of aldehydes is 1. The molecular formula is C5H3F7O. The molecule has 0 unspecified atom stereocenters. The highest BCUT2D eigenvalue weighted by atomic mass is 19.3. The molecule has 0 atom stereocenters. The molecule has 0 rings (SSSR count). The lowest BCUT2D eigenvalue weighted by Crippen LogP contribution is -2.56. The third kappa shape index (κ3) is 1.75. The highest BCUT2D eigenvalue weighted by Crippen LogP contribution is 2.44. The van der Waals surface area contributed by atoms with Crippen LogP contribution in [-0.2, 0) is 4.79 Å². The first-order valence-electron chi connectivity index (χ1n) is 2.78. The average Bonchev–Trinajstić information content (AvgIpc) is 2.03. The van der Waals surface area contributed by atoms with Gasteiger partial charge in [0.15, 0.2) is 13.0 Å². The van der Waals surface area contributed by atoms with Crippen molar-refractivity contribution in [1.82, 2.24) is 0 Å². The second kappa shape index (κ2) is 3.15. The van der Waals surface area contributed by atoms with Crippen LogP contribution in [0.4, 0.5) is 30.7 Å². The summed E-state index contributed by atoms with van der Waals surface area (Å²) in [4.78, 5) is 9.35. The molecule has 0 saturated carbocycles. The number of rotatable bonds is 4. The van der Waals surface area contributed by atoms with Crippen molar-refractivity contribution in [3.63, 3.8) is 0 Å². The van der Waals surface area contributed by atoms with E-state index >= 15 is 0 Å². The molecule has 0 aliphatic heterocycles. The molecule has 0 aromatic carbocycles. The Morgan fingerprint density at radius 1 is 1.00 bits per heavy atom. The molecular weight excluding hydrogens is 209 g/mol. The zero-order valence-corrected chi connectivity index (χ0v) is 5.84. The number of carbonyl (C=O) groups excluding carboxylic acids is 1. The van der Waals surface area contributed by atoms with Crippen molar-refractivity contribution in [3.05, 3.63) is 0 Å². The highest BCUT2D eigenvalue weighted by Gasteiger charge is 2.71. The van der Waals surface area contributed by atoms with Gasteiger partial charge in [0.2, 0.25) is 0 Å². The molecule has 1 nitrogen and oxygen atoms in total. The van der Waals surface area contributed by atoms with Crippen molar-refractivity contribution in [2.75, 3.05) is 6.67 Å². The summed E-state index contributed by atoms with van der Waals surface area (Å²) in [7, 11) is 0. The largest absolute Gasteiger partial charge is 0.381 e. The Bertz CT molecular complexity index is 199. The maximum atomic E-state index is 12.0. The molecule has 0 radical (unpaired) electrons. The van der Waals surface area contributed by atoms with E-state index in [4.69, 9.17) is 0 Å². The summed E-state index contributed by atoms with van der Waals surface area (Å²) in [5.41, 5.74) is 0. The van der Waals surface area contributed by atoms with E-state index < -0.39 is 30.7 Å². The molecule has 78 valence electrons. The number of hydrogen-bond donors (Lipinski definition) is 0. The van der Waals surface area contributed by atoms with E-state index in [1.54, 1.807) is 0 Å². The van der Waals surface area contributed by atoms with E-state index in [0.717, 1.165) is 0 Å². The monoisotopic (exact) mass is 212 g/mol. The van der Waals surface area contributed by atoms with Gasteiger partial charge in [-0.25, -0.2) is 4.39 Å². The van der Waals surface area contributed by atoms with Gasteiger partial charge < -0.3 is 0 Å². The molecule has 0 saturated heterocycles. The molecule has 0 aliphatic carbocycles. The van der Waals surface area contributed by atoms with Gasteiger partial charge in [-0.2, -0.15) is 26.3 Å². The number of alkyl halides is 7. The van der Waals surface area contributed by atoms with E-state index in [9.17, 15) is 35.5 Å². The Labute approximate surface area is 67.5 Å². The van der Waals surface area contributed by atoms with Crippen LogP contribution in [0.25, 0.3) is 0 Å². The maximum absolute atomic E-state index is 12.0. The summed E-state index contributed by atoms with van der Waals surface area (Å²) < 4.78 is 82.7. The Morgan fingerprint density at radius 2 is 1.38 bits per heavy atom. The van der Waals surface area contributed by atoms with Crippen LogP contribution >= 0.6 is 0 Å². The van der Waals surface area contributed by atoms with Crippen LogP contribution in [0.2, 0.25) is 0 Å². The molecule has 0 bridgehead atoms. The second-order valence-corrected chi connectivity index (χ2v) is 2.15. The lowest BCUT2D eigenvalue weighted by Gasteiger charge is -2.27. The summed E-state index contributed by atoms with van der Waals surface area (Å²) in [6.45, 7) is -2.97. The molecule has 0 aromatic rings. The fourth-order valence-corrected chi connectivity index (χ4v) is 0.402. The van der Waals surface area contributed by atoms with Crippen LogP contribution in [0, 0.1) is 0 Å². The van der Waals surface area contributed by atoms with Crippen molar-refractivity contribution in [2.45, 2.75) is 17.8 Å². The standard InChI is InChI=1S/C5H3F7O/c6-1-3(7,8)5(11,12)4(9,10)2-13/h2H,1H2. The minimum atomic E-state index is -6.02. The third-order valence-electron chi connectivity index (χ3n) is 1.19. The molecule has 0 aliphatic rings. The van der Waals surface area contributed by atoms with Gasteiger partial charge in [0.1, 0.15) is 0 Å². The van der Waals surface area contributed by atoms with E-state index in [0.29, 0.717) is 0 Å². The summed E-state index contributed by atoms with van der Waals surface area (Å²) >= 11 is 0. The highest BCUT2D eigenvalue weighted by molar-refractivity contribution is 5.62. The van der Waals surface area contributed by atoms with Gasteiger partial charge in [0, 0.05) is 0 Å². The maximum Gasteiger partial charge on any atom is 0.381 e. The zero-order valence-electron chi connectivity index (χ0n) is 5.84. The van der Waals surface area contributed by atoms with Crippen molar-refractivity contribution in [2.24, 2.45) is 0 Å². The first-order valence-corrected chi connectivity index (χ1v) is 2.78. The first kappa shape index (κ1) is 12.2. The molecule has 0 aromatic heterocycles. The fourth-order valence-electron chi connectivity index (χ4n) is 0.402. The summed E-state index contributed by atoms with van der Waals surface area (Å²) in [5.74, 6) is -17.2. The van der Waals surface area contributed by atoms with E-state index in [1.165, 1.54) is 0 Å². The van der Waals surface area contributed by atoms with Gasteiger partial charge in [0.25, 0.3) is 0 Å². The fraction of sp³-hybridized carbons (Fsp3) is 0.800. The van der Waals surface area contributed by atoms with Crippen LogP contribution in [0.5, 0.6) is 0 Å². The summed E-state index contributed by atoms with van der Waals surface area (Å²) in [6.07, 6.45) is -1.64. The van der Waals surface area contributed by atoms with Gasteiger partial charge in [-0.3, -0.25) is 4.79 Å². The third-order valence-corrected chi connectivity index (χ3v) is 1.19. The van der Waals surface area contributed by atoms with Gasteiger partial charge in [-0.1, -0.05) is 0 Å². The smallest absolute Gasteiger partial charge is 0.296 e. The Kier molecular flexibility index (Phi) is 2.95. The number of carbonyl (C=O) groups is 1. The molecule has 0 N–H and O–H groups in total. The minimum absolute atomic E-state index is 1.64. The number of halogens is 7. The van der Waals surface area contributed by atoms with Crippen molar-refractivity contribution in [1.29, 1.82) is 0 Å². The van der Waals surface area contributed by atoms with Gasteiger partial charge in [-0.05, 0) is 0 Å². The lowest BCUT2D eigenvalue weighted by atomic mass is 10.1. The predicted octanol–water partition coefficient (Wildman–Crippen LogP) is 2.06. The zero-order chi connectivity index (χ0) is 10.9. The summed E-state index contributed by atoms with van der Waals surface area (Å²) in [5, 5.41) is 0. The molecule has 0 amide bonds. The molecule has 8 heteroatoms. The van der Waals surface area contributed by atoms with Crippen molar-refractivity contribution >= 4 is 6.29 Å². The normalized spacial score (nSPS) is 14.4. The van der Waals surface area contributed by atoms with Gasteiger partial charge in [0.05, 0.1) is 0 Å². The summed E-state index contributed by atoms with van der Waals surface area (Å²) in [6, 6.07) is 0. The van der Waals surface area contributed by atoms with Gasteiger partial charge >= 0.3 is 17.8 Å². The van der Waals surface area contributed by atoms with Crippen LogP contribution in [0.15, 0.2) is 0 Å². The Balaban J connectivity index is 5.06. The quantitative estimate of drug-likeness (QED) is 0.514. The van der Waals surface area contributed by atoms with Crippen LogP contribution in [0.3, 0.4) is 0 Å². The van der Waals surface area contributed by atoms with Crippen LogP contribution < -0.4 is 0 Å². The average molecular weight is 212 g/mol. The van der Waals surface area contributed by atoms with E-state index in [-0.39, 0.29) is 0 Å². The SMILES string of the molecule is O=CC(F)(F)C(F)(F)C(F)(F)CF. The van der Waals surface area contributed by atoms with Gasteiger partial charge in [-0.15, -0.1) is 0 Å². The van der Waals surface area contributed by atoms with Crippen LogP contribution in [-0.4, -0.2) is 30.7 Å². The lowest BCUT2D eigenvalue weighted by molar-refractivity contribution is -0.295. The van der Waals surface area contributed by atoms with E-state index in [1.807, 2.05) is 0 Å². The van der Waals surface area contributed by atoms with Crippen molar-refractivity contribution < 1.29 is 35.5 Å². The molecule has 13 heavy (non-hydrogen) atoms. The Hall–Kier alpha value is -0.820. The predicted molar refractivity (Wildman–Crippen MR) is 26.9 cm³/mol. The minimum Gasteiger partial charge on any atom is -0.296 e. The first-order chi connectivity index (χ1) is 5.62. The number of hydrogen-bond acceptors (Lipinski definition) is 1.